The number of hydrogen-bond acceptors (Lipinski definition) is 3. The van der Waals surface area contributed by atoms with Crippen LogP contribution in [0.15, 0.2) is 18.2 Å². The number of carbonyl (C=O) groups is 3. The fourth-order valence-electron chi connectivity index (χ4n) is 3.39. The zero-order valence-corrected chi connectivity index (χ0v) is 18.6. The number of likely N-dealkylation sites (tertiary alicyclic amines) is 1. The van der Waals surface area contributed by atoms with Crippen molar-refractivity contribution in [3.63, 3.8) is 0 Å². The van der Waals surface area contributed by atoms with E-state index in [-0.39, 0.29) is 30.3 Å². The fraction of sp³-hybridized carbons (Fsp3) is 0.550. The maximum Gasteiger partial charge on any atom is 0.319 e. The van der Waals surface area contributed by atoms with Crippen LogP contribution in [0.2, 0.25) is 10.0 Å². The first kappa shape index (κ1) is 23.3. The number of urea groups is 1. The average Bonchev–Trinajstić information content (AvgIpc) is 2.71. The van der Waals surface area contributed by atoms with Gasteiger partial charge in [-0.2, -0.15) is 0 Å². The van der Waals surface area contributed by atoms with E-state index in [1.807, 2.05) is 13.8 Å². The summed E-state index contributed by atoms with van der Waals surface area (Å²) in [5.41, 5.74) is 0.522. The Kier molecular flexibility index (Phi) is 8.59. The Hall–Kier alpha value is -1.99. The van der Waals surface area contributed by atoms with Gasteiger partial charge in [-0.15, -0.1) is 0 Å². The lowest BCUT2D eigenvalue weighted by Gasteiger charge is -2.35. The van der Waals surface area contributed by atoms with E-state index in [1.54, 1.807) is 35.0 Å². The van der Waals surface area contributed by atoms with Crippen molar-refractivity contribution in [3.05, 3.63) is 28.2 Å². The average molecular weight is 443 g/mol. The number of amides is 4. The lowest BCUT2D eigenvalue weighted by atomic mass is 9.95. The number of nitrogens with zero attached hydrogens (tertiary/aromatic N) is 3. The van der Waals surface area contributed by atoms with Crippen molar-refractivity contribution >= 4 is 46.7 Å². The lowest BCUT2D eigenvalue weighted by Crippen LogP contribution is -2.49. The Bertz CT molecular complexity index is 747. The number of anilines is 1. The van der Waals surface area contributed by atoms with Crippen LogP contribution in [0, 0.1) is 5.92 Å². The predicted octanol–water partition coefficient (Wildman–Crippen LogP) is 3.56. The van der Waals surface area contributed by atoms with E-state index in [1.165, 1.54) is 4.90 Å². The smallest absolute Gasteiger partial charge is 0.319 e. The molecule has 0 radical (unpaired) electrons. The summed E-state index contributed by atoms with van der Waals surface area (Å²) in [5.74, 6) is -0.573. The van der Waals surface area contributed by atoms with Gasteiger partial charge in [0.15, 0.2) is 0 Å². The van der Waals surface area contributed by atoms with Gasteiger partial charge in [0.25, 0.3) is 0 Å². The maximum atomic E-state index is 12.7. The van der Waals surface area contributed by atoms with Crippen molar-refractivity contribution in [2.45, 2.75) is 26.7 Å². The van der Waals surface area contributed by atoms with Crippen LogP contribution in [-0.4, -0.2) is 72.3 Å². The molecule has 2 rings (SSSR count). The van der Waals surface area contributed by atoms with Gasteiger partial charge in [0, 0.05) is 44.8 Å². The van der Waals surface area contributed by atoms with E-state index < -0.39 is 0 Å². The third kappa shape index (κ3) is 6.24. The van der Waals surface area contributed by atoms with Crippen LogP contribution in [0.3, 0.4) is 0 Å². The van der Waals surface area contributed by atoms with Crippen molar-refractivity contribution in [1.82, 2.24) is 14.7 Å². The summed E-state index contributed by atoms with van der Waals surface area (Å²) >= 11 is 11.8. The van der Waals surface area contributed by atoms with Gasteiger partial charge in [-0.1, -0.05) is 23.2 Å². The zero-order valence-electron chi connectivity index (χ0n) is 17.1. The first-order valence-electron chi connectivity index (χ1n) is 9.80. The van der Waals surface area contributed by atoms with Crippen LogP contribution >= 0.6 is 23.2 Å². The quantitative estimate of drug-likeness (QED) is 0.731. The topological polar surface area (TPSA) is 73.0 Å². The molecule has 7 nitrogen and oxygen atoms in total. The number of rotatable bonds is 6. The molecule has 0 aliphatic carbocycles. The standard InChI is InChI=1S/C20H28Cl2N4O3/c1-4-25(5-2)20(29)26-10-8-14(9-11-26)19(28)24(3)13-18(27)23-15-6-7-16(21)17(22)12-15/h6-7,12,14H,4-5,8-11,13H2,1-3H3,(H,23,27). The predicted molar refractivity (Wildman–Crippen MR) is 115 cm³/mol. The van der Waals surface area contributed by atoms with Crippen molar-refractivity contribution in [3.8, 4) is 0 Å². The molecule has 1 N–H and O–H groups in total. The van der Waals surface area contributed by atoms with E-state index in [4.69, 9.17) is 23.2 Å². The Labute approximate surface area is 181 Å². The second-order valence-electron chi connectivity index (χ2n) is 7.09. The Morgan fingerprint density at radius 1 is 1.10 bits per heavy atom. The molecule has 160 valence electrons. The number of likely N-dealkylation sites (N-methyl/N-ethyl adjacent to an activating group) is 1. The third-order valence-electron chi connectivity index (χ3n) is 5.11. The summed E-state index contributed by atoms with van der Waals surface area (Å²) in [6, 6.07) is 4.83. The largest absolute Gasteiger partial charge is 0.336 e. The van der Waals surface area contributed by atoms with Crippen molar-refractivity contribution < 1.29 is 14.4 Å². The molecule has 0 atom stereocenters. The number of halogens is 2. The van der Waals surface area contributed by atoms with Crippen LogP contribution in [0.1, 0.15) is 26.7 Å². The molecule has 1 aliphatic heterocycles. The minimum atomic E-state index is -0.312. The second-order valence-corrected chi connectivity index (χ2v) is 7.90. The molecule has 0 saturated carbocycles. The monoisotopic (exact) mass is 442 g/mol. The Morgan fingerprint density at radius 2 is 1.72 bits per heavy atom. The van der Waals surface area contributed by atoms with Crippen LogP contribution in [0.4, 0.5) is 10.5 Å². The lowest BCUT2D eigenvalue weighted by molar-refractivity contribution is -0.138. The molecule has 29 heavy (non-hydrogen) atoms. The van der Waals surface area contributed by atoms with Gasteiger partial charge in [-0.05, 0) is 44.9 Å². The van der Waals surface area contributed by atoms with E-state index in [2.05, 4.69) is 5.32 Å². The van der Waals surface area contributed by atoms with Gasteiger partial charge >= 0.3 is 6.03 Å². The molecule has 1 aromatic carbocycles. The van der Waals surface area contributed by atoms with Crippen molar-refractivity contribution in [1.29, 1.82) is 0 Å². The second kappa shape index (κ2) is 10.7. The van der Waals surface area contributed by atoms with Crippen LogP contribution in [0.5, 0.6) is 0 Å². The molecule has 1 fully saturated rings. The third-order valence-corrected chi connectivity index (χ3v) is 5.85. The van der Waals surface area contributed by atoms with E-state index in [0.717, 1.165) is 0 Å². The number of benzene rings is 1. The molecule has 1 aromatic rings. The number of nitrogens with one attached hydrogen (secondary N) is 1. The fourth-order valence-corrected chi connectivity index (χ4v) is 3.69. The highest BCUT2D eigenvalue weighted by atomic mass is 35.5. The number of hydrogen-bond donors (Lipinski definition) is 1. The Balaban J connectivity index is 1.83. The highest BCUT2D eigenvalue weighted by Gasteiger charge is 2.30. The summed E-state index contributed by atoms with van der Waals surface area (Å²) < 4.78 is 0. The molecule has 0 aromatic heterocycles. The summed E-state index contributed by atoms with van der Waals surface area (Å²) in [6.07, 6.45) is 1.20. The van der Waals surface area contributed by atoms with Gasteiger partial charge < -0.3 is 20.0 Å². The molecular formula is C20H28Cl2N4O3. The highest BCUT2D eigenvalue weighted by molar-refractivity contribution is 6.42. The molecule has 4 amide bonds. The minimum absolute atomic E-state index is 0.0234. The zero-order chi connectivity index (χ0) is 21.6. The molecule has 1 aliphatic rings. The van der Waals surface area contributed by atoms with E-state index >= 15 is 0 Å². The SMILES string of the molecule is CCN(CC)C(=O)N1CCC(C(=O)N(C)CC(=O)Nc2ccc(Cl)c(Cl)c2)CC1. The molecule has 0 bridgehead atoms. The van der Waals surface area contributed by atoms with E-state index in [9.17, 15) is 14.4 Å². The summed E-state index contributed by atoms with van der Waals surface area (Å²) in [7, 11) is 1.62. The summed E-state index contributed by atoms with van der Waals surface area (Å²) in [5, 5.41) is 3.46. The molecule has 1 heterocycles. The van der Waals surface area contributed by atoms with Gasteiger partial charge in [-0.25, -0.2) is 4.79 Å². The maximum absolute atomic E-state index is 12.7. The molecule has 0 unspecified atom stereocenters. The van der Waals surface area contributed by atoms with E-state index in [0.29, 0.717) is 54.8 Å². The summed E-state index contributed by atoms with van der Waals surface area (Å²) in [4.78, 5) is 42.4. The first-order valence-corrected chi connectivity index (χ1v) is 10.6. The highest BCUT2D eigenvalue weighted by Crippen LogP contribution is 2.25. The van der Waals surface area contributed by atoms with Gasteiger partial charge in [0.1, 0.15) is 0 Å². The minimum Gasteiger partial charge on any atom is -0.336 e. The molecule has 1 saturated heterocycles. The van der Waals surface area contributed by atoms with Crippen molar-refractivity contribution in [2.75, 3.05) is 45.1 Å². The van der Waals surface area contributed by atoms with Crippen LogP contribution in [0.25, 0.3) is 0 Å². The molecule has 0 spiro atoms. The Morgan fingerprint density at radius 3 is 2.28 bits per heavy atom. The first-order chi connectivity index (χ1) is 13.8. The molecule has 9 heteroatoms. The number of piperidine rings is 1. The van der Waals surface area contributed by atoms with Gasteiger partial charge in [0.05, 0.1) is 16.6 Å². The van der Waals surface area contributed by atoms with Crippen molar-refractivity contribution in [2.24, 2.45) is 5.92 Å². The molecular weight excluding hydrogens is 415 g/mol. The van der Waals surface area contributed by atoms with Crippen LogP contribution in [-0.2, 0) is 9.59 Å². The van der Waals surface area contributed by atoms with Gasteiger partial charge in [-0.3, -0.25) is 9.59 Å². The number of carbonyl (C=O) groups excluding carboxylic acids is 3. The van der Waals surface area contributed by atoms with Crippen LogP contribution < -0.4 is 5.32 Å². The normalized spacial score (nSPS) is 14.4. The van der Waals surface area contributed by atoms with Gasteiger partial charge in [0.2, 0.25) is 11.8 Å². The summed E-state index contributed by atoms with van der Waals surface area (Å²) in [6.45, 7) is 6.29.